The van der Waals surface area contributed by atoms with Gasteiger partial charge in [0.2, 0.25) is 0 Å². The van der Waals surface area contributed by atoms with Crippen molar-refractivity contribution in [3.8, 4) is 0 Å². The molecule has 0 amide bonds. The Bertz CT molecular complexity index is 445. The van der Waals surface area contributed by atoms with Gasteiger partial charge in [0.1, 0.15) is 11.5 Å². The molecular weight excluding hydrogens is 252 g/mol. The second kappa shape index (κ2) is 6.01. The molecule has 0 saturated heterocycles. The number of carbonyl (C=O) groups excluding carboxylic acids is 2. The predicted octanol–water partition coefficient (Wildman–Crippen LogP) is 2.92. The van der Waals surface area contributed by atoms with Gasteiger partial charge in [-0.25, -0.2) is 0 Å². The number of hydrogen-bond donors (Lipinski definition) is 0. The third kappa shape index (κ3) is 4.15. The SMILES string of the molecule is [2H]CC(C)(C)OC(=O)C(C(=O)CCl)c1ccccc1. The van der Waals surface area contributed by atoms with Crippen LogP contribution >= 0.6 is 11.6 Å². The number of alkyl halides is 1. The van der Waals surface area contributed by atoms with Gasteiger partial charge in [0, 0.05) is 1.37 Å². The second-order valence-corrected chi connectivity index (χ2v) is 4.89. The summed E-state index contributed by atoms with van der Waals surface area (Å²) in [6, 6.07) is 8.65. The van der Waals surface area contributed by atoms with E-state index in [1.54, 1.807) is 44.2 Å². The Hall–Kier alpha value is -1.35. The fourth-order valence-electron chi connectivity index (χ4n) is 1.51. The Balaban J connectivity index is 2.99. The van der Waals surface area contributed by atoms with E-state index < -0.39 is 23.3 Å². The first-order valence-corrected chi connectivity index (χ1v) is 6.10. The standard InChI is InChI=1S/C14H17ClO3/c1-14(2,3)18-13(17)12(11(16)9-15)10-7-5-4-6-8-10/h4-8,12H,9H2,1-3H3/i1D. The van der Waals surface area contributed by atoms with Crippen LogP contribution in [0.5, 0.6) is 0 Å². The lowest BCUT2D eigenvalue weighted by molar-refractivity contribution is -0.158. The molecule has 0 heterocycles. The number of benzene rings is 1. The largest absolute Gasteiger partial charge is 0.459 e. The summed E-state index contributed by atoms with van der Waals surface area (Å²) in [4.78, 5) is 24.0. The zero-order chi connectivity index (χ0) is 14.5. The predicted molar refractivity (Wildman–Crippen MR) is 70.8 cm³/mol. The molecule has 1 atom stereocenters. The van der Waals surface area contributed by atoms with Crippen molar-refractivity contribution in [1.29, 1.82) is 0 Å². The monoisotopic (exact) mass is 269 g/mol. The second-order valence-electron chi connectivity index (χ2n) is 4.62. The number of halogens is 1. The molecule has 1 rings (SSSR count). The number of ketones is 1. The Labute approximate surface area is 113 Å². The smallest absolute Gasteiger partial charge is 0.321 e. The van der Waals surface area contributed by atoms with Gasteiger partial charge in [0.05, 0.1) is 5.88 Å². The normalized spacial score (nSPS) is 13.6. The van der Waals surface area contributed by atoms with Gasteiger partial charge in [-0.2, -0.15) is 0 Å². The summed E-state index contributed by atoms with van der Waals surface area (Å²) in [5.74, 6) is -2.34. The minimum atomic E-state index is -1.02. The molecule has 1 aromatic rings. The molecule has 0 aliphatic rings. The van der Waals surface area contributed by atoms with Crippen LogP contribution in [-0.4, -0.2) is 23.2 Å². The summed E-state index contributed by atoms with van der Waals surface area (Å²) in [6.07, 6.45) is 0. The van der Waals surface area contributed by atoms with Crippen molar-refractivity contribution >= 4 is 23.4 Å². The van der Waals surface area contributed by atoms with E-state index in [-0.39, 0.29) is 12.8 Å². The topological polar surface area (TPSA) is 43.4 Å². The van der Waals surface area contributed by atoms with Crippen molar-refractivity contribution in [3.63, 3.8) is 0 Å². The summed E-state index contributed by atoms with van der Waals surface area (Å²) in [5, 5.41) is 0. The number of rotatable bonds is 4. The van der Waals surface area contributed by atoms with Gasteiger partial charge in [-0.1, -0.05) is 30.3 Å². The summed E-state index contributed by atoms with van der Waals surface area (Å²) in [6.45, 7) is 3.19. The Morgan fingerprint density at radius 2 is 2.00 bits per heavy atom. The van der Waals surface area contributed by atoms with Gasteiger partial charge in [-0.05, 0) is 26.3 Å². The molecule has 0 spiro atoms. The zero-order valence-corrected chi connectivity index (χ0v) is 11.2. The van der Waals surface area contributed by atoms with Crippen LogP contribution in [0, 0.1) is 0 Å². The third-order valence-corrected chi connectivity index (χ3v) is 2.46. The molecule has 0 fully saturated rings. The first-order valence-electron chi connectivity index (χ1n) is 6.27. The maximum Gasteiger partial charge on any atom is 0.321 e. The highest BCUT2D eigenvalue weighted by Crippen LogP contribution is 2.22. The molecule has 0 N–H and O–H groups in total. The maximum absolute atomic E-state index is 12.1. The molecule has 98 valence electrons. The van der Waals surface area contributed by atoms with Crippen molar-refractivity contribution in [3.05, 3.63) is 35.9 Å². The highest BCUT2D eigenvalue weighted by atomic mass is 35.5. The summed E-state index contributed by atoms with van der Waals surface area (Å²) in [7, 11) is 0. The number of carbonyl (C=O) groups is 2. The average molecular weight is 270 g/mol. The summed E-state index contributed by atoms with van der Waals surface area (Å²) >= 11 is 5.55. The van der Waals surface area contributed by atoms with Gasteiger partial charge in [-0.15, -0.1) is 11.6 Å². The minimum absolute atomic E-state index is 0.0741. The molecule has 0 aliphatic carbocycles. The van der Waals surface area contributed by atoms with Crippen LogP contribution in [0.4, 0.5) is 0 Å². The molecule has 18 heavy (non-hydrogen) atoms. The van der Waals surface area contributed by atoms with E-state index in [0.29, 0.717) is 5.56 Å². The fraction of sp³-hybridized carbons (Fsp3) is 0.429. The van der Waals surface area contributed by atoms with Crippen LogP contribution in [0.2, 0.25) is 0 Å². The van der Waals surface area contributed by atoms with E-state index >= 15 is 0 Å². The lowest BCUT2D eigenvalue weighted by atomic mass is 9.95. The molecule has 0 radical (unpaired) electrons. The number of hydrogen-bond acceptors (Lipinski definition) is 3. The number of esters is 1. The Morgan fingerprint density at radius 1 is 1.39 bits per heavy atom. The quantitative estimate of drug-likeness (QED) is 0.480. The van der Waals surface area contributed by atoms with Crippen LogP contribution in [0.1, 0.15) is 33.6 Å². The fourth-order valence-corrected chi connectivity index (χ4v) is 1.66. The Kier molecular flexibility index (Phi) is 4.37. The molecule has 0 bridgehead atoms. The summed E-state index contributed by atoms with van der Waals surface area (Å²) in [5.41, 5.74) is -0.365. The van der Waals surface area contributed by atoms with Gasteiger partial charge in [-0.3, -0.25) is 9.59 Å². The molecule has 3 nitrogen and oxygen atoms in total. The molecule has 4 heteroatoms. The van der Waals surface area contributed by atoms with Crippen LogP contribution in [0.15, 0.2) is 30.3 Å². The molecule has 0 aromatic heterocycles. The van der Waals surface area contributed by atoms with E-state index in [2.05, 4.69) is 0 Å². The highest BCUT2D eigenvalue weighted by molar-refractivity contribution is 6.30. The van der Waals surface area contributed by atoms with Crippen LogP contribution < -0.4 is 0 Å². The van der Waals surface area contributed by atoms with E-state index in [4.69, 9.17) is 17.7 Å². The van der Waals surface area contributed by atoms with Gasteiger partial charge in [0.25, 0.3) is 0 Å². The molecule has 1 unspecified atom stereocenters. The maximum atomic E-state index is 12.1. The number of Topliss-reactive ketones (excluding diaryl/α,β-unsaturated/α-hetero) is 1. The van der Waals surface area contributed by atoms with E-state index in [1.165, 1.54) is 0 Å². The van der Waals surface area contributed by atoms with Gasteiger partial charge >= 0.3 is 5.97 Å². The van der Waals surface area contributed by atoms with Crippen LogP contribution in [0.25, 0.3) is 0 Å². The first kappa shape index (κ1) is 13.1. The molecule has 0 saturated carbocycles. The van der Waals surface area contributed by atoms with Crippen LogP contribution in [-0.2, 0) is 14.3 Å². The Morgan fingerprint density at radius 3 is 2.50 bits per heavy atom. The summed E-state index contributed by atoms with van der Waals surface area (Å²) < 4.78 is 12.5. The molecule has 0 aliphatic heterocycles. The van der Waals surface area contributed by atoms with Crippen molar-refractivity contribution in [2.75, 3.05) is 5.88 Å². The minimum Gasteiger partial charge on any atom is -0.459 e. The zero-order valence-electron chi connectivity index (χ0n) is 11.5. The van der Waals surface area contributed by atoms with E-state index in [9.17, 15) is 9.59 Å². The van der Waals surface area contributed by atoms with Crippen molar-refractivity contribution in [2.24, 2.45) is 0 Å². The highest BCUT2D eigenvalue weighted by Gasteiger charge is 2.31. The van der Waals surface area contributed by atoms with Crippen molar-refractivity contribution < 1.29 is 15.7 Å². The lowest BCUT2D eigenvalue weighted by Gasteiger charge is -2.23. The van der Waals surface area contributed by atoms with Gasteiger partial charge in [0.15, 0.2) is 5.78 Å². The van der Waals surface area contributed by atoms with Gasteiger partial charge < -0.3 is 4.74 Å². The van der Waals surface area contributed by atoms with Crippen molar-refractivity contribution in [1.82, 2.24) is 0 Å². The lowest BCUT2D eigenvalue weighted by Crippen LogP contribution is -2.32. The molecule has 1 aromatic carbocycles. The first-order chi connectivity index (χ1) is 8.91. The van der Waals surface area contributed by atoms with Crippen LogP contribution in [0.3, 0.4) is 0 Å². The molecular formula is C14H17ClO3. The third-order valence-electron chi connectivity index (χ3n) is 2.20. The van der Waals surface area contributed by atoms with Crippen molar-refractivity contribution in [2.45, 2.75) is 32.3 Å². The van der Waals surface area contributed by atoms with E-state index in [0.717, 1.165) is 0 Å². The average Bonchev–Trinajstić information content (AvgIpc) is 2.39. The number of ether oxygens (including phenoxy) is 1. The van der Waals surface area contributed by atoms with E-state index in [1.807, 2.05) is 0 Å².